The number of hydrogen-bond acceptors (Lipinski definition) is 8. The fraction of sp³-hybridized carbons (Fsp3) is 0.222. The molecule has 0 saturated carbocycles. The molecule has 4 N–H and O–H groups in total. The van der Waals surface area contributed by atoms with Gasteiger partial charge in [-0.25, -0.2) is 4.39 Å². The summed E-state index contributed by atoms with van der Waals surface area (Å²) in [6, 6.07) is 19.7. The Balaban J connectivity index is 0.00000156. The summed E-state index contributed by atoms with van der Waals surface area (Å²) in [5.74, 6) is -0.820. The first-order chi connectivity index (χ1) is 24.1. The number of aromatic hydroxyl groups is 1. The average molecular weight is 706 g/mol. The molecule has 4 aromatic carbocycles. The van der Waals surface area contributed by atoms with Crippen molar-refractivity contribution in [2.75, 3.05) is 26.8 Å². The van der Waals surface area contributed by atoms with Gasteiger partial charge in [-0.3, -0.25) is 19.2 Å². The highest BCUT2D eigenvalue weighted by atomic mass is 35.5. The Labute approximate surface area is 291 Å². The molecule has 0 radical (unpaired) electrons. The van der Waals surface area contributed by atoms with E-state index in [4.69, 9.17) is 35.7 Å². The molecule has 12 nitrogen and oxygen atoms in total. The smallest absolute Gasteiger partial charge is 0.290 e. The predicted molar refractivity (Wildman–Crippen MR) is 180 cm³/mol. The molecule has 4 aromatic rings. The minimum absolute atomic E-state index is 0.0282. The number of nitrogens with one attached hydrogen (secondary N) is 2. The number of halogens is 2. The zero-order valence-electron chi connectivity index (χ0n) is 26.7. The molecule has 2 heterocycles. The van der Waals surface area contributed by atoms with Gasteiger partial charge in [-0.05, 0) is 71.8 Å². The van der Waals surface area contributed by atoms with Crippen molar-refractivity contribution in [1.29, 1.82) is 0 Å². The van der Waals surface area contributed by atoms with Gasteiger partial charge in [0, 0.05) is 48.8 Å². The minimum Gasteiger partial charge on any atom is -0.506 e. The second-order valence-corrected chi connectivity index (χ2v) is 11.8. The van der Waals surface area contributed by atoms with Gasteiger partial charge in [-0.2, -0.15) is 0 Å². The number of rotatable bonds is 2. The SMILES string of the molecule is COc1ccc2cc1-c1cccc(c1)OCC(=O)NCc1cc(F)cc(c1)O[C@@H]1CCN(C(=O)c3ccc(Cl)c(O)c3)C[C@H]1NC2=O.O=CO. The lowest BCUT2D eigenvalue weighted by molar-refractivity contribution is -0.123. The number of hydrogen-bond donors (Lipinski definition) is 4. The van der Waals surface area contributed by atoms with Gasteiger partial charge in [0.1, 0.15) is 34.9 Å². The molecule has 0 aromatic heterocycles. The second kappa shape index (κ2) is 16.1. The molecule has 260 valence electrons. The summed E-state index contributed by atoms with van der Waals surface area (Å²) in [6.45, 7) is -0.156. The number of fused-ring (bicyclic) bond motifs is 8. The number of methoxy groups -OCH3 is 1. The Bertz CT molecular complexity index is 1910. The first kappa shape index (κ1) is 35.5. The number of amides is 3. The lowest BCUT2D eigenvalue weighted by Gasteiger charge is -2.39. The number of benzene rings is 4. The topological polar surface area (TPSA) is 164 Å². The Morgan fingerprint density at radius 3 is 2.60 bits per heavy atom. The van der Waals surface area contributed by atoms with E-state index in [0.29, 0.717) is 40.2 Å². The van der Waals surface area contributed by atoms with Crippen molar-refractivity contribution in [2.24, 2.45) is 0 Å². The van der Waals surface area contributed by atoms with E-state index in [2.05, 4.69) is 10.6 Å². The van der Waals surface area contributed by atoms with E-state index in [1.54, 1.807) is 47.4 Å². The lowest BCUT2D eigenvalue weighted by atomic mass is 9.98. The number of piperidine rings is 1. The summed E-state index contributed by atoms with van der Waals surface area (Å²) in [7, 11) is 1.53. The van der Waals surface area contributed by atoms with Crippen LogP contribution in [0, 0.1) is 5.82 Å². The number of carbonyl (C=O) groups is 4. The first-order valence-electron chi connectivity index (χ1n) is 15.4. The van der Waals surface area contributed by atoms with Crippen LogP contribution in [0.15, 0.2) is 78.9 Å². The molecule has 0 aliphatic carbocycles. The predicted octanol–water partition coefficient (Wildman–Crippen LogP) is 4.66. The van der Waals surface area contributed by atoms with Crippen LogP contribution in [0.4, 0.5) is 4.39 Å². The second-order valence-electron chi connectivity index (χ2n) is 11.4. The molecular formula is C36H33ClFN3O9. The summed E-state index contributed by atoms with van der Waals surface area (Å²) in [5, 5.41) is 22.8. The van der Waals surface area contributed by atoms with Crippen molar-refractivity contribution in [3.05, 3.63) is 106 Å². The van der Waals surface area contributed by atoms with Crippen LogP contribution in [0.25, 0.3) is 11.1 Å². The molecule has 3 amide bonds. The van der Waals surface area contributed by atoms with Crippen LogP contribution in [0.5, 0.6) is 23.0 Å². The number of phenolic OH excluding ortho intramolecular Hbond substituents is 1. The highest BCUT2D eigenvalue weighted by molar-refractivity contribution is 6.32. The highest BCUT2D eigenvalue weighted by Crippen LogP contribution is 2.33. The van der Waals surface area contributed by atoms with Crippen LogP contribution < -0.4 is 24.8 Å². The molecule has 6 rings (SSSR count). The van der Waals surface area contributed by atoms with E-state index in [1.807, 2.05) is 6.07 Å². The van der Waals surface area contributed by atoms with E-state index in [-0.39, 0.29) is 60.7 Å². The Morgan fingerprint density at radius 2 is 1.84 bits per heavy atom. The summed E-state index contributed by atoms with van der Waals surface area (Å²) >= 11 is 5.94. The van der Waals surface area contributed by atoms with Gasteiger partial charge in [-0.1, -0.05) is 23.7 Å². The van der Waals surface area contributed by atoms with Crippen molar-refractivity contribution in [1.82, 2.24) is 15.5 Å². The lowest BCUT2D eigenvalue weighted by Crippen LogP contribution is -2.58. The van der Waals surface area contributed by atoms with E-state index < -0.39 is 29.8 Å². The van der Waals surface area contributed by atoms with Crippen molar-refractivity contribution < 1.29 is 48.0 Å². The summed E-state index contributed by atoms with van der Waals surface area (Å²) in [6.07, 6.45) is -0.340. The molecule has 1 saturated heterocycles. The van der Waals surface area contributed by atoms with Crippen LogP contribution >= 0.6 is 11.6 Å². The van der Waals surface area contributed by atoms with Crippen molar-refractivity contribution >= 4 is 35.8 Å². The summed E-state index contributed by atoms with van der Waals surface area (Å²) in [5.41, 5.74) is 2.34. The van der Waals surface area contributed by atoms with Crippen molar-refractivity contribution in [3.63, 3.8) is 0 Å². The largest absolute Gasteiger partial charge is 0.506 e. The zero-order chi connectivity index (χ0) is 35.8. The molecule has 2 atom stereocenters. The van der Waals surface area contributed by atoms with Gasteiger partial charge in [-0.15, -0.1) is 0 Å². The molecule has 2 aliphatic rings. The third-order valence-corrected chi connectivity index (χ3v) is 8.35. The van der Waals surface area contributed by atoms with E-state index in [1.165, 1.54) is 37.4 Å². The zero-order valence-corrected chi connectivity index (χ0v) is 27.5. The summed E-state index contributed by atoms with van der Waals surface area (Å²) < 4.78 is 32.3. The number of ether oxygens (including phenoxy) is 3. The highest BCUT2D eigenvalue weighted by Gasteiger charge is 2.35. The molecule has 0 unspecified atom stereocenters. The van der Waals surface area contributed by atoms with E-state index in [9.17, 15) is 23.9 Å². The molecule has 14 heteroatoms. The van der Waals surface area contributed by atoms with Gasteiger partial charge < -0.3 is 40.0 Å². The minimum atomic E-state index is -0.711. The van der Waals surface area contributed by atoms with Crippen LogP contribution in [0.2, 0.25) is 5.02 Å². The molecular weight excluding hydrogens is 673 g/mol. The maximum Gasteiger partial charge on any atom is 0.290 e. The maximum absolute atomic E-state index is 14.7. The number of phenols is 1. The average Bonchev–Trinajstić information content (AvgIpc) is 3.11. The quantitative estimate of drug-likeness (QED) is 0.217. The Hall–Kier alpha value is -5.82. The van der Waals surface area contributed by atoms with E-state index >= 15 is 0 Å². The number of nitrogens with zero attached hydrogens (tertiary/aromatic N) is 1. The number of carbonyl (C=O) groups excluding carboxylic acids is 3. The monoisotopic (exact) mass is 705 g/mol. The van der Waals surface area contributed by atoms with Crippen LogP contribution in [0.1, 0.15) is 32.7 Å². The number of likely N-dealkylation sites (tertiary alicyclic amines) is 1. The standard InChI is InChI=1S/C35H31ClFN3O7.CH2O2/c1-45-31-8-6-22-14-27(31)21-3-2-4-25(13-21)46-19-33(42)38-17-20-11-24(37)16-26(12-20)47-32-9-10-40(18-29(32)39-34(22)43)35(44)23-5-7-28(36)30(41)15-23;2-1-3/h2-8,11-16,29,32,41H,9-10,17-19H2,1H3,(H,38,42)(H,39,43);1H,(H,2,3)/t29-,32-;/m1./s1. The third kappa shape index (κ3) is 8.60. The first-order valence-corrected chi connectivity index (χ1v) is 15.8. The van der Waals surface area contributed by atoms with Gasteiger partial charge in [0.15, 0.2) is 6.61 Å². The molecule has 6 bridgehead atoms. The van der Waals surface area contributed by atoms with Gasteiger partial charge in [0.25, 0.3) is 24.2 Å². The van der Waals surface area contributed by atoms with Crippen LogP contribution in [0.3, 0.4) is 0 Å². The maximum atomic E-state index is 14.7. The van der Waals surface area contributed by atoms with Crippen LogP contribution in [-0.2, 0) is 16.1 Å². The van der Waals surface area contributed by atoms with Gasteiger partial charge >= 0.3 is 0 Å². The van der Waals surface area contributed by atoms with Gasteiger partial charge in [0.05, 0.1) is 18.2 Å². The third-order valence-electron chi connectivity index (χ3n) is 8.03. The van der Waals surface area contributed by atoms with E-state index in [0.717, 1.165) is 0 Å². The fourth-order valence-electron chi connectivity index (χ4n) is 5.67. The molecule has 1 fully saturated rings. The van der Waals surface area contributed by atoms with Crippen molar-refractivity contribution in [3.8, 4) is 34.1 Å². The van der Waals surface area contributed by atoms with Crippen LogP contribution in [-0.4, -0.2) is 78.3 Å². The molecule has 2 aliphatic heterocycles. The fourth-order valence-corrected chi connectivity index (χ4v) is 5.79. The normalized spacial score (nSPS) is 17.3. The van der Waals surface area contributed by atoms with Crippen molar-refractivity contribution in [2.45, 2.75) is 25.1 Å². The van der Waals surface area contributed by atoms with Gasteiger partial charge in [0.2, 0.25) is 0 Å². The Morgan fingerprint density at radius 1 is 1.04 bits per heavy atom. The molecule has 50 heavy (non-hydrogen) atoms. The number of carboxylic acid groups (broad SMARTS) is 1. The molecule has 0 spiro atoms. The summed E-state index contributed by atoms with van der Waals surface area (Å²) in [4.78, 5) is 49.8. The Kier molecular flexibility index (Phi) is 11.4.